The van der Waals surface area contributed by atoms with E-state index in [2.05, 4.69) is 4.98 Å². The minimum Gasteiger partial charge on any atom is -0.459 e. The Morgan fingerprint density at radius 3 is 2.65 bits per heavy atom. The van der Waals surface area contributed by atoms with E-state index in [1.54, 1.807) is 13.4 Å². The number of nitrogens with zero attached hydrogens (tertiary/aromatic N) is 2. The topological polar surface area (TPSA) is 62.6 Å². The Kier molecular flexibility index (Phi) is 6.77. The molecule has 0 radical (unpaired) electrons. The monoisotopic (exact) mass is 318 g/mol. The average molecular weight is 318 g/mol. The Balaban J connectivity index is 1.91. The summed E-state index contributed by atoms with van der Waals surface area (Å²) < 4.78 is 17.2. The van der Waals surface area contributed by atoms with Crippen molar-refractivity contribution in [3.05, 3.63) is 54.1 Å². The van der Waals surface area contributed by atoms with Crippen molar-refractivity contribution in [1.29, 1.82) is 0 Å². The Morgan fingerprint density at radius 1 is 1.17 bits per heavy atom. The molecule has 0 fully saturated rings. The Labute approximate surface area is 136 Å². The normalized spacial score (nSPS) is 12.1. The first-order valence-electron chi connectivity index (χ1n) is 7.54. The minimum absolute atomic E-state index is 0.000738. The lowest BCUT2D eigenvalue weighted by Gasteiger charge is -2.16. The largest absolute Gasteiger partial charge is 0.459 e. The van der Waals surface area contributed by atoms with E-state index in [9.17, 15) is 4.79 Å². The molecule has 0 saturated heterocycles. The van der Waals surface area contributed by atoms with Gasteiger partial charge in [0.1, 0.15) is 12.3 Å². The molecule has 0 amide bonds. The lowest BCUT2D eigenvalue weighted by Crippen LogP contribution is -2.17. The Hall–Kier alpha value is -2.18. The third-order valence-electron chi connectivity index (χ3n) is 3.47. The molecule has 6 heteroatoms. The van der Waals surface area contributed by atoms with Crippen molar-refractivity contribution in [3.63, 3.8) is 0 Å². The number of benzene rings is 1. The van der Waals surface area contributed by atoms with Crippen LogP contribution >= 0.6 is 0 Å². The second-order valence-electron chi connectivity index (χ2n) is 5.01. The lowest BCUT2D eigenvalue weighted by atomic mass is 10.1. The zero-order chi connectivity index (χ0) is 16.5. The van der Waals surface area contributed by atoms with Gasteiger partial charge in [-0.2, -0.15) is 0 Å². The predicted octanol–water partition coefficient (Wildman–Crippen LogP) is 2.31. The highest BCUT2D eigenvalue weighted by molar-refractivity contribution is 5.87. The summed E-state index contributed by atoms with van der Waals surface area (Å²) in [4.78, 5) is 16.3. The van der Waals surface area contributed by atoms with Crippen LogP contribution < -0.4 is 0 Å². The van der Waals surface area contributed by atoms with Crippen molar-refractivity contribution in [2.24, 2.45) is 0 Å². The van der Waals surface area contributed by atoms with Gasteiger partial charge in [-0.15, -0.1) is 0 Å². The highest BCUT2D eigenvalue weighted by Gasteiger charge is 2.18. The van der Waals surface area contributed by atoms with Gasteiger partial charge < -0.3 is 18.8 Å². The molecule has 0 aliphatic carbocycles. The van der Waals surface area contributed by atoms with Crippen molar-refractivity contribution in [3.8, 4) is 0 Å². The molecule has 0 spiro atoms. The number of hydrogen-bond acceptors (Lipinski definition) is 5. The molecule has 23 heavy (non-hydrogen) atoms. The van der Waals surface area contributed by atoms with Crippen LogP contribution in [0, 0.1) is 0 Å². The smallest absolute Gasteiger partial charge is 0.356 e. The molecule has 0 N–H and O–H groups in total. The summed E-state index contributed by atoms with van der Waals surface area (Å²) in [5.41, 5.74) is 1.53. The van der Waals surface area contributed by atoms with E-state index in [0.29, 0.717) is 25.5 Å². The molecule has 2 rings (SSSR count). The third-order valence-corrected chi connectivity index (χ3v) is 3.47. The summed E-state index contributed by atoms with van der Waals surface area (Å²) >= 11 is 0. The number of rotatable bonds is 9. The highest BCUT2D eigenvalue weighted by atomic mass is 16.6. The molecular weight excluding hydrogens is 296 g/mol. The molecule has 0 saturated carbocycles. The molecule has 1 aromatic heterocycles. The third kappa shape index (κ3) is 4.91. The molecule has 1 heterocycles. The zero-order valence-electron chi connectivity index (χ0n) is 13.5. The molecule has 0 aliphatic heterocycles. The molecular formula is C17H22N2O4. The van der Waals surface area contributed by atoms with Crippen LogP contribution in [0.25, 0.3) is 0 Å². The molecule has 0 aliphatic rings. The van der Waals surface area contributed by atoms with E-state index in [-0.39, 0.29) is 12.6 Å². The maximum absolute atomic E-state index is 12.2. The number of ether oxygens (including phenoxy) is 3. The van der Waals surface area contributed by atoms with Crippen molar-refractivity contribution in [1.82, 2.24) is 9.55 Å². The van der Waals surface area contributed by atoms with E-state index in [4.69, 9.17) is 14.2 Å². The van der Waals surface area contributed by atoms with Gasteiger partial charge in [-0.25, -0.2) is 9.78 Å². The molecule has 2 aromatic rings. The first-order valence-corrected chi connectivity index (χ1v) is 7.54. The Bertz CT molecular complexity index is 598. The van der Waals surface area contributed by atoms with Crippen LogP contribution in [0.2, 0.25) is 0 Å². The van der Waals surface area contributed by atoms with Crippen LogP contribution in [0.1, 0.15) is 29.0 Å². The van der Waals surface area contributed by atoms with Gasteiger partial charge >= 0.3 is 5.97 Å². The van der Waals surface area contributed by atoms with Crippen molar-refractivity contribution < 1.29 is 19.0 Å². The Morgan fingerprint density at radius 2 is 1.91 bits per heavy atom. The second-order valence-corrected chi connectivity index (χ2v) is 5.01. The quantitative estimate of drug-likeness (QED) is 0.524. The van der Waals surface area contributed by atoms with Gasteiger partial charge in [0.05, 0.1) is 38.4 Å². The number of aromatic nitrogens is 2. The van der Waals surface area contributed by atoms with Crippen LogP contribution in [0.3, 0.4) is 0 Å². The van der Waals surface area contributed by atoms with Crippen LogP contribution in [-0.4, -0.2) is 49.1 Å². The maximum Gasteiger partial charge on any atom is 0.356 e. The number of carbonyl (C=O) groups excluding carboxylic acids is 1. The van der Waals surface area contributed by atoms with Crippen molar-refractivity contribution in [2.45, 2.75) is 13.0 Å². The molecule has 6 nitrogen and oxygen atoms in total. The minimum atomic E-state index is -0.402. The summed E-state index contributed by atoms with van der Waals surface area (Å²) in [7, 11) is 1.61. The van der Waals surface area contributed by atoms with E-state index in [1.807, 2.05) is 41.8 Å². The van der Waals surface area contributed by atoms with Gasteiger partial charge in [-0.05, 0) is 12.5 Å². The second kappa shape index (κ2) is 9.07. The first kappa shape index (κ1) is 17.2. The number of methoxy groups -OCH3 is 1. The van der Waals surface area contributed by atoms with Crippen molar-refractivity contribution in [2.75, 3.05) is 33.5 Å². The van der Waals surface area contributed by atoms with Gasteiger partial charge in [0.25, 0.3) is 0 Å². The van der Waals surface area contributed by atoms with Gasteiger partial charge in [0, 0.05) is 7.11 Å². The fourth-order valence-electron chi connectivity index (χ4n) is 2.18. The fourth-order valence-corrected chi connectivity index (χ4v) is 2.18. The van der Waals surface area contributed by atoms with Crippen LogP contribution in [0.5, 0.6) is 0 Å². The van der Waals surface area contributed by atoms with Crippen LogP contribution in [0.15, 0.2) is 42.9 Å². The number of imidazole rings is 1. The zero-order valence-corrected chi connectivity index (χ0v) is 13.5. The van der Waals surface area contributed by atoms with E-state index in [1.165, 1.54) is 6.20 Å². The van der Waals surface area contributed by atoms with E-state index < -0.39 is 5.97 Å². The van der Waals surface area contributed by atoms with Crippen molar-refractivity contribution >= 4 is 5.97 Å². The van der Waals surface area contributed by atoms with Gasteiger partial charge in [0.2, 0.25) is 0 Å². The predicted molar refractivity (Wildman–Crippen MR) is 85.5 cm³/mol. The molecule has 0 unspecified atom stereocenters. The van der Waals surface area contributed by atoms with E-state index >= 15 is 0 Å². The summed E-state index contributed by atoms with van der Waals surface area (Å²) in [5.74, 6) is -0.402. The lowest BCUT2D eigenvalue weighted by molar-refractivity contribution is 0.0205. The van der Waals surface area contributed by atoms with Gasteiger partial charge in [-0.1, -0.05) is 30.3 Å². The SMILES string of the molecule is COCCOCCOC(=O)c1cncn1[C@H](C)c1ccccc1. The first-order chi connectivity index (χ1) is 11.2. The maximum atomic E-state index is 12.2. The van der Waals surface area contributed by atoms with E-state index in [0.717, 1.165) is 5.56 Å². The summed E-state index contributed by atoms with van der Waals surface area (Å²) in [5, 5.41) is 0. The summed E-state index contributed by atoms with van der Waals surface area (Å²) in [6, 6.07) is 9.94. The van der Waals surface area contributed by atoms with Gasteiger partial charge in [-0.3, -0.25) is 0 Å². The fraction of sp³-hybridized carbons (Fsp3) is 0.412. The molecule has 1 atom stereocenters. The van der Waals surface area contributed by atoms with Crippen LogP contribution in [0.4, 0.5) is 0 Å². The number of esters is 1. The summed E-state index contributed by atoms with van der Waals surface area (Å²) in [6.45, 7) is 3.57. The molecule has 124 valence electrons. The van der Waals surface area contributed by atoms with Crippen LogP contribution in [-0.2, 0) is 14.2 Å². The van der Waals surface area contributed by atoms with Gasteiger partial charge in [0.15, 0.2) is 0 Å². The summed E-state index contributed by atoms with van der Waals surface area (Å²) in [6.07, 6.45) is 3.16. The highest BCUT2D eigenvalue weighted by Crippen LogP contribution is 2.19. The number of hydrogen-bond donors (Lipinski definition) is 0. The average Bonchev–Trinajstić information content (AvgIpc) is 3.07. The standard InChI is InChI=1S/C17H22N2O4/c1-14(15-6-4-3-5-7-15)19-13-18-12-16(19)17(20)23-11-10-22-9-8-21-2/h3-7,12-14H,8-11H2,1-2H3/t14-/m1/s1. The molecule has 0 bridgehead atoms. The number of carbonyl (C=O) groups is 1. The molecule has 1 aromatic carbocycles.